The minimum atomic E-state index is -0.910. The van der Waals surface area contributed by atoms with E-state index in [0.717, 1.165) is 64.2 Å². The summed E-state index contributed by atoms with van der Waals surface area (Å²) in [5.74, 6) is -0.163. The molecule has 1 amide bonds. The summed E-state index contributed by atoms with van der Waals surface area (Å²) in [4.78, 5) is 12.4. The molecule has 0 heterocycles. The molecule has 0 aromatic rings. The van der Waals surface area contributed by atoms with Gasteiger partial charge in [-0.1, -0.05) is 258 Å². The van der Waals surface area contributed by atoms with Gasteiger partial charge in [0.15, 0.2) is 0 Å². The second-order valence-corrected chi connectivity index (χ2v) is 17.5. The zero-order valence-electron chi connectivity index (χ0n) is 41.3. The number of carbonyl (C=O) groups excluding carboxylic acids is 1. The number of unbranched alkanes of at least 4 members (excludes halogenated alkanes) is 24. The molecule has 2 atom stereocenters. The van der Waals surface area contributed by atoms with Gasteiger partial charge in [0.1, 0.15) is 0 Å². The molecule has 2 unspecified atom stereocenters. The van der Waals surface area contributed by atoms with Crippen LogP contribution in [0.2, 0.25) is 0 Å². The smallest absolute Gasteiger partial charge is 0.220 e. The Bertz CT molecular complexity index is 1220. The first kappa shape index (κ1) is 60.1. The van der Waals surface area contributed by atoms with Crippen molar-refractivity contribution in [3.05, 3.63) is 109 Å². The minimum Gasteiger partial charge on any atom is -0.394 e. The van der Waals surface area contributed by atoms with Crippen molar-refractivity contribution in [2.45, 2.75) is 251 Å². The van der Waals surface area contributed by atoms with Crippen molar-refractivity contribution in [3.8, 4) is 0 Å². The largest absolute Gasteiger partial charge is 0.394 e. The van der Waals surface area contributed by atoms with Gasteiger partial charge in [0, 0.05) is 6.42 Å². The molecule has 0 aliphatic heterocycles. The number of aliphatic hydroxyl groups excluding tert-OH is 2. The summed E-state index contributed by atoms with van der Waals surface area (Å²) in [5.41, 5.74) is 0. The molecule has 3 N–H and O–H groups in total. The Labute approximate surface area is 391 Å². The second kappa shape index (κ2) is 53.4. The zero-order chi connectivity index (χ0) is 45.6. The van der Waals surface area contributed by atoms with Gasteiger partial charge < -0.3 is 15.5 Å². The highest BCUT2D eigenvalue weighted by Gasteiger charge is 2.17. The van der Waals surface area contributed by atoms with E-state index >= 15 is 0 Å². The summed E-state index contributed by atoms with van der Waals surface area (Å²) < 4.78 is 0. The minimum absolute atomic E-state index is 0.163. The maximum Gasteiger partial charge on any atom is 0.220 e. The molecule has 0 bridgehead atoms. The first-order valence-corrected chi connectivity index (χ1v) is 26.6. The Morgan fingerprint density at radius 1 is 0.397 bits per heavy atom. The van der Waals surface area contributed by atoms with Gasteiger partial charge in [0.25, 0.3) is 0 Å². The van der Waals surface area contributed by atoms with Crippen LogP contribution in [-0.2, 0) is 4.79 Å². The molecule has 63 heavy (non-hydrogen) atoms. The fourth-order valence-corrected chi connectivity index (χ4v) is 7.47. The lowest BCUT2D eigenvalue weighted by Gasteiger charge is -2.19. The van der Waals surface area contributed by atoms with Crippen molar-refractivity contribution in [3.63, 3.8) is 0 Å². The van der Waals surface area contributed by atoms with Crippen molar-refractivity contribution in [2.24, 2.45) is 0 Å². The van der Waals surface area contributed by atoms with Gasteiger partial charge in [-0.15, -0.1) is 0 Å². The van der Waals surface area contributed by atoms with Gasteiger partial charge in [-0.05, 0) is 83.5 Å². The fourth-order valence-electron chi connectivity index (χ4n) is 7.47. The summed E-state index contributed by atoms with van der Waals surface area (Å²) >= 11 is 0. The summed E-state index contributed by atoms with van der Waals surface area (Å²) in [6, 6.07) is -0.695. The molecule has 0 aromatic carbocycles. The van der Waals surface area contributed by atoms with Crippen LogP contribution >= 0.6 is 0 Å². The van der Waals surface area contributed by atoms with Gasteiger partial charge in [-0.2, -0.15) is 0 Å². The molecule has 360 valence electrons. The van der Waals surface area contributed by atoms with E-state index in [9.17, 15) is 15.0 Å². The molecular weight excluding hydrogens is 771 g/mol. The van der Waals surface area contributed by atoms with E-state index in [1.807, 2.05) is 12.2 Å². The molecular formula is C59H101NO3. The average molecular weight is 872 g/mol. The van der Waals surface area contributed by atoms with Gasteiger partial charge >= 0.3 is 0 Å². The Hall–Kier alpha value is -2.95. The predicted molar refractivity (Wildman–Crippen MR) is 280 cm³/mol. The number of amides is 1. The maximum absolute atomic E-state index is 12.4. The molecule has 0 radical (unpaired) electrons. The second-order valence-electron chi connectivity index (χ2n) is 17.5. The fraction of sp³-hybridized carbons (Fsp3) is 0.678. The van der Waals surface area contributed by atoms with E-state index in [2.05, 4.69) is 110 Å². The van der Waals surface area contributed by atoms with E-state index in [0.29, 0.717) is 12.8 Å². The van der Waals surface area contributed by atoms with E-state index in [1.54, 1.807) is 6.08 Å². The zero-order valence-corrected chi connectivity index (χ0v) is 41.3. The molecule has 0 rings (SSSR count). The number of nitrogens with one attached hydrogen (secondary N) is 1. The molecule has 0 aliphatic rings. The molecule has 0 aliphatic carbocycles. The highest BCUT2D eigenvalue weighted by atomic mass is 16.3. The van der Waals surface area contributed by atoms with Crippen molar-refractivity contribution < 1.29 is 15.0 Å². The van der Waals surface area contributed by atoms with E-state index in [1.165, 1.54) is 148 Å². The molecule has 0 spiro atoms. The van der Waals surface area contributed by atoms with Crippen LogP contribution in [0.3, 0.4) is 0 Å². The van der Waals surface area contributed by atoms with Gasteiger partial charge in [0.05, 0.1) is 18.8 Å². The van der Waals surface area contributed by atoms with Crippen LogP contribution in [0.5, 0.6) is 0 Å². The third kappa shape index (κ3) is 49.9. The van der Waals surface area contributed by atoms with Crippen molar-refractivity contribution >= 4 is 5.91 Å². The molecule has 0 fully saturated rings. The average Bonchev–Trinajstić information content (AvgIpc) is 3.29. The standard InChI is InChI=1S/C59H101NO3/c1-3-5-7-9-11-13-15-17-19-21-23-24-25-26-27-28-29-30-31-32-33-34-35-37-38-40-42-44-46-48-50-52-54-58(62)57(56-61)60-59(63)55-53-51-49-47-45-43-41-39-36-22-20-18-16-14-12-10-8-6-4-2/h6,8,12,14,18,20,36-39,43-46,49,51-52,54,57-58,61-62H,3-5,7,9-11,13,15-17,19,21-35,40-42,47-48,50,53,55-56H2,1-2H3,(H,60,63)/b8-6-,14-12-,20-18-,38-37+,39-36-,45-43-,46-44+,51-49-,54-52+. The maximum atomic E-state index is 12.4. The van der Waals surface area contributed by atoms with Crippen LogP contribution in [0.25, 0.3) is 0 Å². The Kier molecular flexibility index (Phi) is 50.9. The summed E-state index contributed by atoms with van der Waals surface area (Å²) in [6.07, 6.45) is 81.2. The van der Waals surface area contributed by atoms with Gasteiger partial charge in [-0.3, -0.25) is 4.79 Å². The molecule has 4 heteroatoms. The highest BCUT2D eigenvalue weighted by Crippen LogP contribution is 2.16. The summed E-state index contributed by atoms with van der Waals surface area (Å²) in [7, 11) is 0. The quantitative estimate of drug-likeness (QED) is 0.0421. The van der Waals surface area contributed by atoms with Crippen molar-refractivity contribution in [1.82, 2.24) is 5.32 Å². The van der Waals surface area contributed by atoms with Crippen LogP contribution in [0.15, 0.2) is 109 Å². The monoisotopic (exact) mass is 872 g/mol. The molecule has 0 saturated heterocycles. The first-order valence-electron chi connectivity index (χ1n) is 26.6. The molecule has 4 nitrogen and oxygen atoms in total. The number of rotatable bonds is 47. The van der Waals surface area contributed by atoms with Crippen LogP contribution in [-0.4, -0.2) is 34.9 Å². The normalized spacial score (nSPS) is 13.8. The van der Waals surface area contributed by atoms with Crippen molar-refractivity contribution in [2.75, 3.05) is 6.61 Å². The number of aliphatic hydroxyl groups is 2. The number of allylic oxidation sites excluding steroid dienone is 17. The Morgan fingerprint density at radius 3 is 1.10 bits per heavy atom. The third-order valence-electron chi connectivity index (χ3n) is 11.5. The molecule has 0 saturated carbocycles. The lowest BCUT2D eigenvalue weighted by molar-refractivity contribution is -0.122. The summed E-state index contributed by atoms with van der Waals surface area (Å²) in [6.45, 7) is 4.15. The van der Waals surface area contributed by atoms with Crippen LogP contribution < -0.4 is 5.32 Å². The Morgan fingerprint density at radius 2 is 0.714 bits per heavy atom. The summed E-state index contributed by atoms with van der Waals surface area (Å²) in [5, 5.41) is 23.0. The van der Waals surface area contributed by atoms with Gasteiger partial charge in [0.2, 0.25) is 5.91 Å². The highest BCUT2D eigenvalue weighted by molar-refractivity contribution is 5.76. The van der Waals surface area contributed by atoms with E-state index < -0.39 is 12.1 Å². The van der Waals surface area contributed by atoms with Crippen LogP contribution in [0, 0.1) is 0 Å². The van der Waals surface area contributed by atoms with E-state index in [4.69, 9.17) is 0 Å². The van der Waals surface area contributed by atoms with Crippen LogP contribution in [0.4, 0.5) is 0 Å². The number of hydrogen-bond donors (Lipinski definition) is 3. The SMILES string of the molecule is CC/C=C\C/C=C\C/C=C\C/C=C\C/C=C\C/C=C\CCC(=O)NC(CO)C(O)/C=C/CC/C=C/CC/C=C/CCCCCCCCCCCCCCCCCCCCCCCC. The topological polar surface area (TPSA) is 69.6 Å². The number of hydrogen-bond acceptors (Lipinski definition) is 3. The third-order valence-corrected chi connectivity index (χ3v) is 11.5. The van der Waals surface area contributed by atoms with Crippen molar-refractivity contribution in [1.29, 1.82) is 0 Å². The predicted octanol–water partition coefficient (Wildman–Crippen LogP) is 17.5. The number of carbonyl (C=O) groups is 1. The lowest BCUT2D eigenvalue weighted by Crippen LogP contribution is -2.45. The van der Waals surface area contributed by atoms with Gasteiger partial charge in [-0.25, -0.2) is 0 Å². The Balaban J connectivity index is 3.66. The first-order chi connectivity index (χ1) is 31.2. The van der Waals surface area contributed by atoms with E-state index in [-0.39, 0.29) is 12.5 Å². The van der Waals surface area contributed by atoms with Crippen LogP contribution in [0.1, 0.15) is 239 Å². The molecule has 0 aromatic heterocycles. The lowest BCUT2D eigenvalue weighted by atomic mass is 10.0.